The number of fused-ring (bicyclic) bond motifs is 2. The predicted octanol–water partition coefficient (Wildman–Crippen LogP) is 5.00. The number of likely N-dealkylation sites (tertiary alicyclic amines) is 1. The summed E-state index contributed by atoms with van der Waals surface area (Å²) in [4.78, 5) is 35.5. The molecule has 9 nitrogen and oxygen atoms in total. The standard InChI is InChI=1S/C31H32FN5O4/c1-31(2,3)41-30(39)37-19(14-18-15-24(18)37)9-8-17-16-33-12-10-20(17)26-27(25-22(35-26)11-13-34-29(25)38)36-23-7-5-6-21(32)28(23)40-4/h5-7,10,12,16,18-19,24,35-36H,11,13-15H2,1-4H3,(H,34,38)/t18-,19+,24?/m1/s1. The van der Waals surface area contributed by atoms with Gasteiger partial charge in [0.05, 0.1) is 41.3 Å². The molecule has 1 saturated carbocycles. The summed E-state index contributed by atoms with van der Waals surface area (Å²) in [6.07, 6.45) is 5.37. The maximum atomic E-state index is 14.5. The van der Waals surface area contributed by atoms with Gasteiger partial charge < -0.3 is 25.1 Å². The van der Waals surface area contributed by atoms with Crippen LogP contribution in [0.3, 0.4) is 0 Å². The van der Waals surface area contributed by atoms with Gasteiger partial charge in [0, 0.05) is 42.7 Å². The molecule has 6 rings (SSSR count). The molecule has 2 aliphatic heterocycles. The molecule has 1 aliphatic carbocycles. The number of piperidine rings is 1. The van der Waals surface area contributed by atoms with Gasteiger partial charge in [0.25, 0.3) is 5.91 Å². The molecule has 1 aromatic carbocycles. The molecule has 10 heteroatoms. The number of carbonyl (C=O) groups is 2. The van der Waals surface area contributed by atoms with Crippen LogP contribution in [0.15, 0.2) is 36.7 Å². The first-order valence-corrected chi connectivity index (χ1v) is 13.7. The Hall–Kier alpha value is -4.52. The zero-order valence-electron chi connectivity index (χ0n) is 23.4. The third kappa shape index (κ3) is 5.08. The molecule has 1 saturated heterocycles. The third-order valence-corrected chi connectivity index (χ3v) is 7.57. The van der Waals surface area contributed by atoms with Crippen LogP contribution in [0.25, 0.3) is 11.3 Å². The van der Waals surface area contributed by atoms with Crippen LogP contribution in [-0.2, 0) is 11.2 Å². The largest absolute Gasteiger partial charge is 0.492 e. The zero-order valence-corrected chi connectivity index (χ0v) is 23.4. The molecule has 2 amide bonds. The Labute approximate surface area is 237 Å². The van der Waals surface area contributed by atoms with Crippen molar-refractivity contribution in [3.05, 3.63) is 59.3 Å². The molecular weight excluding hydrogens is 525 g/mol. The molecular formula is C31H32FN5O4. The number of ether oxygens (including phenoxy) is 2. The Bertz CT molecular complexity index is 1600. The molecule has 3 aliphatic rings. The van der Waals surface area contributed by atoms with Crippen LogP contribution >= 0.6 is 0 Å². The van der Waals surface area contributed by atoms with Gasteiger partial charge in [-0.25, -0.2) is 9.18 Å². The van der Waals surface area contributed by atoms with Crippen molar-refractivity contribution in [2.75, 3.05) is 19.0 Å². The SMILES string of the molecule is COc1c(F)cccc1Nc1c(-c2ccncc2C#C[C@H]2C[C@@H]3CC3N2C(=O)OC(C)(C)C)[nH]c2c1C(=O)NCC2. The summed E-state index contributed by atoms with van der Waals surface area (Å²) in [7, 11) is 1.40. The summed E-state index contributed by atoms with van der Waals surface area (Å²) < 4.78 is 25.5. The Morgan fingerprint density at radius 2 is 2.07 bits per heavy atom. The number of methoxy groups -OCH3 is 1. The van der Waals surface area contributed by atoms with Gasteiger partial charge in [-0.1, -0.05) is 17.9 Å². The molecule has 0 spiro atoms. The number of amides is 2. The molecule has 0 bridgehead atoms. The van der Waals surface area contributed by atoms with E-state index in [4.69, 9.17) is 9.47 Å². The van der Waals surface area contributed by atoms with Gasteiger partial charge in [-0.15, -0.1) is 0 Å². The highest BCUT2D eigenvalue weighted by atomic mass is 19.1. The van der Waals surface area contributed by atoms with E-state index in [-0.39, 0.29) is 29.8 Å². The van der Waals surface area contributed by atoms with E-state index < -0.39 is 11.4 Å². The number of pyridine rings is 1. The number of aromatic nitrogens is 2. The van der Waals surface area contributed by atoms with Crippen molar-refractivity contribution in [3.8, 4) is 28.8 Å². The first-order chi connectivity index (χ1) is 19.6. The van der Waals surface area contributed by atoms with E-state index in [0.29, 0.717) is 47.1 Å². The van der Waals surface area contributed by atoms with Gasteiger partial charge in [-0.2, -0.15) is 0 Å². The monoisotopic (exact) mass is 557 g/mol. The minimum Gasteiger partial charge on any atom is -0.492 e. The van der Waals surface area contributed by atoms with Crippen LogP contribution in [0.2, 0.25) is 0 Å². The van der Waals surface area contributed by atoms with Crippen LogP contribution in [0.5, 0.6) is 5.75 Å². The minimum atomic E-state index is -0.592. The second-order valence-electron chi connectivity index (χ2n) is 11.6. The highest BCUT2D eigenvalue weighted by Crippen LogP contribution is 2.48. The first kappa shape index (κ1) is 26.7. The van der Waals surface area contributed by atoms with Gasteiger partial charge in [0.2, 0.25) is 0 Å². The van der Waals surface area contributed by atoms with Crippen molar-refractivity contribution in [1.82, 2.24) is 20.2 Å². The normalized spacial score (nSPS) is 20.8. The van der Waals surface area contributed by atoms with Crippen LogP contribution in [-0.4, -0.2) is 58.2 Å². The molecule has 212 valence electrons. The summed E-state index contributed by atoms with van der Waals surface area (Å²) >= 11 is 0. The number of aromatic amines is 1. The van der Waals surface area contributed by atoms with Crippen LogP contribution < -0.4 is 15.4 Å². The second-order valence-corrected chi connectivity index (χ2v) is 11.6. The molecule has 3 N–H and O–H groups in total. The van der Waals surface area contributed by atoms with Crippen molar-refractivity contribution >= 4 is 23.4 Å². The Morgan fingerprint density at radius 3 is 2.85 bits per heavy atom. The van der Waals surface area contributed by atoms with Gasteiger partial charge in [0.1, 0.15) is 5.60 Å². The molecule has 2 fully saturated rings. The summed E-state index contributed by atoms with van der Waals surface area (Å²) in [6.45, 7) is 6.07. The zero-order chi connectivity index (χ0) is 28.9. The molecule has 3 aromatic rings. The molecule has 41 heavy (non-hydrogen) atoms. The van der Waals surface area contributed by atoms with Crippen molar-refractivity contribution in [3.63, 3.8) is 0 Å². The third-order valence-electron chi connectivity index (χ3n) is 7.57. The number of halogens is 1. The number of hydrogen-bond donors (Lipinski definition) is 3. The summed E-state index contributed by atoms with van der Waals surface area (Å²) in [5.41, 5.74) is 3.49. The lowest BCUT2D eigenvalue weighted by molar-refractivity contribution is 0.0224. The number of H-pyrrole nitrogens is 1. The van der Waals surface area contributed by atoms with E-state index in [1.54, 1.807) is 29.4 Å². The molecule has 3 atom stereocenters. The molecule has 2 aromatic heterocycles. The fraction of sp³-hybridized carbons (Fsp3) is 0.387. The fourth-order valence-corrected chi connectivity index (χ4v) is 5.69. The van der Waals surface area contributed by atoms with E-state index in [2.05, 4.69) is 32.4 Å². The lowest BCUT2D eigenvalue weighted by Crippen LogP contribution is -2.41. The number of para-hydroxylation sites is 1. The van der Waals surface area contributed by atoms with Gasteiger partial charge in [0.15, 0.2) is 11.6 Å². The van der Waals surface area contributed by atoms with Crippen molar-refractivity contribution < 1.29 is 23.5 Å². The van der Waals surface area contributed by atoms with Crippen LogP contribution in [0.1, 0.15) is 55.2 Å². The number of nitrogens with one attached hydrogen (secondary N) is 3. The van der Waals surface area contributed by atoms with Gasteiger partial charge in [-0.05, 0) is 57.7 Å². The highest BCUT2D eigenvalue weighted by molar-refractivity contribution is 6.06. The molecule has 4 heterocycles. The topological polar surface area (TPSA) is 109 Å². The van der Waals surface area contributed by atoms with Crippen LogP contribution in [0.4, 0.5) is 20.6 Å². The number of rotatable bonds is 4. The number of anilines is 2. The van der Waals surface area contributed by atoms with Crippen LogP contribution in [0, 0.1) is 23.6 Å². The first-order valence-electron chi connectivity index (χ1n) is 13.7. The lowest BCUT2D eigenvalue weighted by Gasteiger charge is -2.28. The van der Waals surface area contributed by atoms with Gasteiger partial charge in [-0.3, -0.25) is 14.7 Å². The smallest absolute Gasteiger partial charge is 0.411 e. The Kier molecular flexibility index (Phi) is 6.60. The average Bonchev–Trinajstić information content (AvgIpc) is 3.42. The Morgan fingerprint density at radius 1 is 1.24 bits per heavy atom. The lowest BCUT2D eigenvalue weighted by atomic mass is 10.0. The predicted molar refractivity (Wildman–Crippen MR) is 152 cm³/mol. The Balaban J connectivity index is 1.39. The van der Waals surface area contributed by atoms with Gasteiger partial charge >= 0.3 is 6.09 Å². The average molecular weight is 558 g/mol. The maximum absolute atomic E-state index is 14.5. The number of carbonyl (C=O) groups excluding carboxylic acids is 2. The van der Waals surface area contributed by atoms with Crippen molar-refractivity contribution in [2.24, 2.45) is 5.92 Å². The quantitative estimate of drug-likeness (QED) is 0.390. The van der Waals surface area contributed by atoms with Crippen molar-refractivity contribution in [2.45, 2.75) is 57.7 Å². The summed E-state index contributed by atoms with van der Waals surface area (Å²) in [5.74, 6) is 6.30. The molecule has 1 unspecified atom stereocenters. The maximum Gasteiger partial charge on any atom is 0.411 e. The summed E-state index contributed by atoms with van der Waals surface area (Å²) in [6, 6.07) is 6.31. The van der Waals surface area contributed by atoms with E-state index in [0.717, 1.165) is 24.1 Å². The van der Waals surface area contributed by atoms with E-state index in [1.165, 1.54) is 13.2 Å². The van der Waals surface area contributed by atoms with E-state index in [1.807, 2.05) is 26.8 Å². The second kappa shape index (κ2) is 10.1. The highest BCUT2D eigenvalue weighted by Gasteiger charge is 2.54. The summed E-state index contributed by atoms with van der Waals surface area (Å²) in [5, 5.41) is 6.15. The molecule has 0 radical (unpaired) electrons. The van der Waals surface area contributed by atoms with Crippen molar-refractivity contribution in [1.29, 1.82) is 0 Å². The number of nitrogens with zero attached hydrogens (tertiary/aromatic N) is 2. The number of benzene rings is 1. The fourth-order valence-electron chi connectivity index (χ4n) is 5.69. The number of hydrogen-bond acceptors (Lipinski definition) is 6. The minimum absolute atomic E-state index is 0.0430. The van der Waals surface area contributed by atoms with E-state index >= 15 is 0 Å². The van der Waals surface area contributed by atoms with E-state index in [9.17, 15) is 14.0 Å².